The van der Waals surface area contributed by atoms with E-state index in [0.717, 1.165) is 22.8 Å². The van der Waals surface area contributed by atoms with E-state index in [4.69, 9.17) is 0 Å². The highest BCUT2D eigenvalue weighted by Gasteiger charge is 2.19. The van der Waals surface area contributed by atoms with E-state index in [1.165, 1.54) is 11.3 Å². The number of sulfonamides is 1. The van der Waals surface area contributed by atoms with Gasteiger partial charge < -0.3 is 10.3 Å². The smallest absolute Gasteiger partial charge is 0.304 e. The molecule has 0 radical (unpaired) electrons. The highest BCUT2D eigenvalue weighted by atomic mass is 32.2. The van der Waals surface area contributed by atoms with Gasteiger partial charge in [-0.3, -0.25) is 4.79 Å². The van der Waals surface area contributed by atoms with E-state index in [0.29, 0.717) is 17.1 Å². The normalized spacial score (nSPS) is 11.8. The molecule has 0 aliphatic carbocycles. The van der Waals surface area contributed by atoms with Crippen molar-refractivity contribution in [2.24, 2.45) is 0 Å². The molecule has 0 aliphatic rings. The van der Waals surface area contributed by atoms with Gasteiger partial charge in [-0.1, -0.05) is 18.3 Å². The summed E-state index contributed by atoms with van der Waals surface area (Å²) in [6, 6.07) is 1.59. The second kappa shape index (κ2) is 6.64. The molecule has 110 valence electrons. The summed E-state index contributed by atoms with van der Waals surface area (Å²) in [6.45, 7) is 3.35. The zero-order chi connectivity index (χ0) is 14.6. The fourth-order valence-corrected chi connectivity index (χ4v) is 4.59. The van der Waals surface area contributed by atoms with Crippen molar-refractivity contribution < 1.29 is 8.42 Å². The van der Waals surface area contributed by atoms with E-state index in [1.807, 2.05) is 6.92 Å². The number of hydrogen-bond acceptors (Lipinski definition) is 6. The first kappa shape index (κ1) is 15.4. The summed E-state index contributed by atoms with van der Waals surface area (Å²) in [4.78, 5) is 14.4. The van der Waals surface area contributed by atoms with Crippen molar-refractivity contribution in [1.29, 1.82) is 0 Å². The van der Waals surface area contributed by atoms with Gasteiger partial charge in [0, 0.05) is 22.5 Å². The molecular weight excluding hydrogens is 318 g/mol. The topological polar surface area (TPSA) is 91.1 Å². The molecule has 0 atom stereocenters. The summed E-state index contributed by atoms with van der Waals surface area (Å²) in [5.74, 6) is 0. The summed E-state index contributed by atoms with van der Waals surface area (Å²) in [7, 11) is -3.56. The Bertz CT molecular complexity index is 714. The van der Waals surface area contributed by atoms with E-state index >= 15 is 0 Å². The van der Waals surface area contributed by atoms with Crippen LogP contribution >= 0.6 is 22.7 Å². The van der Waals surface area contributed by atoms with Gasteiger partial charge in [-0.2, -0.15) is 0 Å². The van der Waals surface area contributed by atoms with Gasteiger partial charge in [-0.25, -0.2) is 13.1 Å². The number of hydrogen-bond donors (Lipinski definition) is 3. The Labute approximate surface area is 124 Å². The van der Waals surface area contributed by atoms with E-state index in [2.05, 4.69) is 15.0 Å². The van der Waals surface area contributed by atoms with Crippen LogP contribution < -0.4 is 14.9 Å². The lowest BCUT2D eigenvalue weighted by molar-refractivity contribution is 0.579. The molecule has 9 heteroatoms. The van der Waals surface area contributed by atoms with E-state index in [1.54, 1.807) is 16.8 Å². The van der Waals surface area contributed by atoms with Crippen molar-refractivity contribution in [2.45, 2.75) is 24.9 Å². The predicted octanol–water partition coefficient (Wildman–Crippen LogP) is 1.09. The molecule has 2 rings (SSSR count). The average molecular weight is 333 g/mol. The number of aromatic nitrogens is 1. The third-order valence-corrected chi connectivity index (χ3v) is 5.81. The fourth-order valence-electron chi connectivity index (χ4n) is 1.59. The van der Waals surface area contributed by atoms with Crippen LogP contribution in [0.4, 0.5) is 0 Å². The Morgan fingerprint density at radius 1 is 1.30 bits per heavy atom. The maximum atomic E-state index is 12.2. The first-order valence-electron chi connectivity index (χ1n) is 5.96. The Balaban J connectivity index is 2.10. The molecular formula is C11H15N3O3S3. The van der Waals surface area contributed by atoms with Crippen LogP contribution in [0.15, 0.2) is 26.5 Å². The molecule has 2 aromatic rings. The van der Waals surface area contributed by atoms with Gasteiger partial charge in [0.05, 0.1) is 11.4 Å². The number of thiazole rings is 1. The van der Waals surface area contributed by atoms with Crippen LogP contribution in [-0.4, -0.2) is 19.9 Å². The Hall–Kier alpha value is -1.00. The van der Waals surface area contributed by atoms with Crippen LogP contribution in [0.25, 0.3) is 0 Å². The number of nitrogens with one attached hydrogen (secondary N) is 3. The predicted molar refractivity (Wildman–Crippen MR) is 80.7 cm³/mol. The van der Waals surface area contributed by atoms with Crippen LogP contribution in [0, 0.1) is 0 Å². The molecule has 0 unspecified atom stereocenters. The van der Waals surface area contributed by atoms with Gasteiger partial charge in [0.1, 0.15) is 0 Å². The van der Waals surface area contributed by atoms with Crippen LogP contribution in [-0.2, 0) is 23.1 Å². The zero-order valence-electron chi connectivity index (χ0n) is 10.8. The van der Waals surface area contributed by atoms with Gasteiger partial charge >= 0.3 is 4.87 Å². The highest BCUT2D eigenvalue weighted by molar-refractivity contribution is 7.89. The molecule has 6 nitrogen and oxygen atoms in total. The minimum Gasteiger partial charge on any atom is -0.315 e. The summed E-state index contributed by atoms with van der Waals surface area (Å²) < 4.78 is 27.0. The third-order valence-electron chi connectivity index (χ3n) is 2.55. The molecule has 20 heavy (non-hydrogen) atoms. The monoisotopic (exact) mass is 333 g/mol. The molecule has 2 heterocycles. The largest absolute Gasteiger partial charge is 0.315 e. The first-order chi connectivity index (χ1) is 9.53. The number of H-pyrrole nitrogens is 1. The third kappa shape index (κ3) is 3.76. The molecule has 0 saturated heterocycles. The molecule has 0 fully saturated rings. The van der Waals surface area contributed by atoms with E-state index < -0.39 is 10.0 Å². The van der Waals surface area contributed by atoms with Gasteiger partial charge in [0.2, 0.25) is 10.0 Å². The van der Waals surface area contributed by atoms with E-state index in [9.17, 15) is 13.2 Å². The minimum absolute atomic E-state index is 0.0809. The lowest BCUT2D eigenvalue weighted by Gasteiger charge is -2.07. The molecule has 2 aromatic heterocycles. The first-order valence-corrected chi connectivity index (χ1v) is 9.20. The Morgan fingerprint density at radius 3 is 2.75 bits per heavy atom. The molecule has 3 N–H and O–H groups in total. The van der Waals surface area contributed by atoms with Gasteiger partial charge in [0.25, 0.3) is 0 Å². The van der Waals surface area contributed by atoms with Crippen molar-refractivity contribution >= 4 is 32.7 Å². The van der Waals surface area contributed by atoms with Crippen LogP contribution in [0.3, 0.4) is 0 Å². The van der Waals surface area contributed by atoms with Crippen molar-refractivity contribution in [1.82, 2.24) is 15.0 Å². The summed E-state index contributed by atoms with van der Waals surface area (Å²) in [5.41, 5.74) is 0.562. The molecule has 0 amide bonds. The fraction of sp³-hybridized carbons (Fsp3) is 0.364. The highest BCUT2D eigenvalue weighted by Crippen LogP contribution is 2.21. The lowest BCUT2D eigenvalue weighted by Crippen LogP contribution is -2.25. The van der Waals surface area contributed by atoms with E-state index in [-0.39, 0.29) is 11.4 Å². The summed E-state index contributed by atoms with van der Waals surface area (Å²) >= 11 is 2.42. The minimum atomic E-state index is -3.56. The van der Waals surface area contributed by atoms with Crippen LogP contribution in [0.1, 0.15) is 17.5 Å². The summed E-state index contributed by atoms with van der Waals surface area (Å²) in [5, 5.41) is 6.48. The average Bonchev–Trinajstić information content (AvgIpc) is 3.03. The second-order valence-electron chi connectivity index (χ2n) is 3.99. The van der Waals surface area contributed by atoms with Crippen LogP contribution in [0.5, 0.6) is 0 Å². The van der Waals surface area contributed by atoms with Gasteiger partial charge in [-0.15, -0.1) is 11.3 Å². The zero-order valence-corrected chi connectivity index (χ0v) is 13.3. The van der Waals surface area contributed by atoms with Gasteiger partial charge in [-0.05, 0) is 18.0 Å². The Kier molecular flexibility index (Phi) is 5.11. The molecule has 0 bridgehead atoms. The van der Waals surface area contributed by atoms with Crippen molar-refractivity contribution in [3.05, 3.63) is 37.1 Å². The second-order valence-corrected chi connectivity index (χ2v) is 7.56. The SMILES string of the molecule is CCNCc1sccc1S(=O)(=O)NCc1csc(=O)[nH]1. The van der Waals surface area contributed by atoms with Crippen molar-refractivity contribution in [2.75, 3.05) is 6.54 Å². The van der Waals surface area contributed by atoms with Crippen molar-refractivity contribution in [3.63, 3.8) is 0 Å². The lowest BCUT2D eigenvalue weighted by atomic mass is 10.4. The molecule has 0 spiro atoms. The standard InChI is InChI=1S/C11H15N3O3S3/c1-2-12-6-9-10(3-4-18-9)20(16,17)13-5-8-7-19-11(15)14-8/h3-4,7,12-13H,2,5-6H2,1H3,(H,14,15). The number of aromatic amines is 1. The molecule has 0 aromatic carbocycles. The van der Waals surface area contributed by atoms with Crippen LogP contribution in [0.2, 0.25) is 0 Å². The van der Waals surface area contributed by atoms with Crippen molar-refractivity contribution in [3.8, 4) is 0 Å². The maximum absolute atomic E-state index is 12.2. The Morgan fingerprint density at radius 2 is 2.10 bits per heavy atom. The quantitative estimate of drug-likeness (QED) is 0.707. The molecule has 0 aliphatic heterocycles. The molecule has 0 saturated carbocycles. The maximum Gasteiger partial charge on any atom is 0.304 e. The van der Waals surface area contributed by atoms with Gasteiger partial charge in [0.15, 0.2) is 0 Å². The summed E-state index contributed by atoms with van der Waals surface area (Å²) in [6.07, 6.45) is 0. The number of rotatable bonds is 7. The number of thiophene rings is 1.